The van der Waals surface area contributed by atoms with E-state index in [0.29, 0.717) is 0 Å². The molecule has 3 heteroatoms. The van der Waals surface area contributed by atoms with Crippen LogP contribution in [0.1, 0.15) is 25.7 Å². The number of thioether (sulfide) groups is 1. The molecule has 2 nitrogen and oxygen atoms in total. The highest BCUT2D eigenvalue weighted by Gasteiger charge is 2.18. The van der Waals surface area contributed by atoms with E-state index < -0.39 is 0 Å². The number of rotatable bonds is 3. The van der Waals surface area contributed by atoms with Crippen LogP contribution in [0, 0.1) is 5.92 Å². The molecule has 0 aromatic heterocycles. The van der Waals surface area contributed by atoms with Gasteiger partial charge < -0.3 is 9.47 Å². The molecule has 0 unspecified atom stereocenters. The summed E-state index contributed by atoms with van der Waals surface area (Å²) in [6.45, 7) is 3.93. The Kier molecular flexibility index (Phi) is 4.61. The van der Waals surface area contributed by atoms with Crippen LogP contribution in [0.25, 0.3) is 0 Å². The third-order valence-electron chi connectivity index (χ3n) is 3.08. The van der Waals surface area contributed by atoms with Gasteiger partial charge in [0.25, 0.3) is 0 Å². The molecule has 2 aliphatic rings. The molecule has 0 bridgehead atoms. The van der Waals surface area contributed by atoms with Crippen LogP contribution >= 0.6 is 11.8 Å². The van der Waals surface area contributed by atoms with Gasteiger partial charge in [0.1, 0.15) is 0 Å². The van der Waals surface area contributed by atoms with E-state index in [1.54, 1.807) is 0 Å². The number of hydrogen-bond donors (Lipinski definition) is 0. The highest BCUT2D eigenvalue weighted by atomic mass is 32.2. The Hall–Kier alpha value is 0.270. The smallest absolute Gasteiger partial charge is 0.0476 e. The Balaban J connectivity index is 1.60. The number of ether oxygens (including phenoxy) is 2. The molecule has 2 saturated heterocycles. The first-order valence-corrected chi connectivity index (χ1v) is 6.77. The van der Waals surface area contributed by atoms with E-state index in [-0.39, 0.29) is 0 Å². The summed E-state index contributed by atoms with van der Waals surface area (Å²) < 4.78 is 10.7. The molecule has 0 aromatic rings. The summed E-state index contributed by atoms with van der Waals surface area (Å²) in [5.41, 5.74) is 0. The fourth-order valence-corrected chi connectivity index (χ4v) is 3.43. The van der Waals surface area contributed by atoms with Crippen molar-refractivity contribution in [3.63, 3.8) is 0 Å². The van der Waals surface area contributed by atoms with Crippen molar-refractivity contribution in [2.24, 2.45) is 5.92 Å². The minimum atomic E-state index is 0.867. The first kappa shape index (κ1) is 10.8. The molecule has 14 heavy (non-hydrogen) atoms. The molecule has 0 radical (unpaired) electrons. The van der Waals surface area contributed by atoms with E-state index in [0.717, 1.165) is 37.6 Å². The van der Waals surface area contributed by atoms with E-state index >= 15 is 0 Å². The molecular formula is C11H20O2S. The second-order valence-corrected chi connectivity index (χ2v) is 5.53. The third-order valence-corrected chi connectivity index (χ3v) is 4.68. The number of hydrogen-bond acceptors (Lipinski definition) is 3. The van der Waals surface area contributed by atoms with Crippen LogP contribution in [0.4, 0.5) is 0 Å². The van der Waals surface area contributed by atoms with Crippen LogP contribution < -0.4 is 0 Å². The second kappa shape index (κ2) is 5.99. The van der Waals surface area contributed by atoms with Crippen molar-refractivity contribution in [3.05, 3.63) is 0 Å². The fraction of sp³-hybridized carbons (Fsp3) is 1.00. The van der Waals surface area contributed by atoms with Crippen molar-refractivity contribution in [2.45, 2.75) is 30.9 Å². The minimum absolute atomic E-state index is 0.867. The lowest BCUT2D eigenvalue weighted by Crippen LogP contribution is -2.22. The normalized spacial score (nSPS) is 26.6. The predicted octanol–water partition coefficient (Wildman–Crippen LogP) is 2.33. The van der Waals surface area contributed by atoms with Gasteiger partial charge in [0, 0.05) is 31.7 Å². The molecule has 0 N–H and O–H groups in total. The molecule has 2 fully saturated rings. The van der Waals surface area contributed by atoms with Crippen LogP contribution in [0.3, 0.4) is 0 Å². The summed E-state index contributed by atoms with van der Waals surface area (Å²) in [5, 5.41) is 0.867. The quantitative estimate of drug-likeness (QED) is 0.721. The summed E-state index contributed by atoms with van der Waals surface area (Å²) >= 11 is 2.17. The maximum absolute atomic E-state index is 5.36. The molecule has 0 spiro atoms. The standard InChI is InChI=1S/C11H20O2S/c1-5-12-6-2-10(1)9-14-11-3-7-13-8-4-11/h10-11H,1-9H2. The Labute approximate surface area is 90.7 Å². The zero-order chi connectivity index (χ0) is 9.64. The van der Waals surface area contributed by atoms with Crippen LogP contribution in [0.15, 0.2) is 0 Å². The van der Waals surface area contributed by atoms with Crippen molar-refractivity contribution in [1.29, 1.82) is 0 Å². The van der Waals surface area contributed by atoms with Gasteiger partial charge in [-0.3, -0.25) is 0 Å². The third kappa shape index (κ3) is 3.44. The average Bonchev–Trinajstić information content (AvgIpc) is 2.29. The molecule has 2 aliphatic heterocycles. The lowest BCUT2D eigenvalue weighted by Gasteiger charge is -2.26. The fourth-order valence-electron chi connectivity index (χ4n) is 2.03. The van der Waals surface area contributed by atoms with Gasteiger partial charge in [-0.05, 0) is 37.4 Å². The van der Waals surface area contributed by atoms with E-state index in [1.165, 1.54) is 31.4 Å². The van der Waals surface area contributed by atoms with Crippen LogP contribution in [-0.2, 0) is 9.47 Å². The molecule has 2 heterocycles. The van der Waals surface area contributed by atoms with Gasteiger partial charge >= 0.3 is 0 Å². The predicted molar refractivity (Wildman–Crippen MR) is 59.8 cm³/mol. The Morgan fingerprint density at radius 3 is 2.07 bits per heavy atom. The zero-order valence-electron chi connectivity index (χ0n) is 8.74. The van der Waals surface area contributed by atoms with E-state index in [9.17, 15) is 0 Å². The van der Waals surface area contributed by atoms with Gasteiger partial charge in [-0.2, -0.15) is 11.8 Å². The second-order valence-electron chi connectivity index (χ2n) is 4.20. The summed E-state index contributed by atoms with van der Waals surface area (Å²) in [7, 11) is 0. The summed E-state index contributed by atoms with van der Waals surface area (Å²) in [5.74, 6) is 2.25. The average molecular weight is 216 g/mol. The monoisotopic (exact) mass is 216 g/mol. The van der Waals surface area contributed by atoms with Crippen molar-refractivity contribution >= 4 is 11.8 Å². The van der Waals surface area contributed by atoms with Crippen LogP contribution in [0.2, 0.25) is 0 Å². The van der Waals surface area contributed by atoms with Crippen molar-refractivity contribution < 1.29 is 9.47 Å². The summed E-state index contributed by atoms with van der Waals surface area (Å²) in [6.07, 6.45) is 5.06. The molecule has 0 atom stereocenters. The maximum Gasteiger partial charge on any atom is 0.0476 e. The summed E-state index contributed by atoms with van der Waals surface area (Å²) in [4.78, 5) is 0. The summed E-state index contributed by atoms with van der Waals surface area (Å²) in [6, 6.07) is 0. The topological polar surface area (TPSA) is 18.5 Å². The van der Waals surface area contributed by atoms with E-state index in [2.05, 4.69) is 11.8 Å². The van der Waals surface area contributed by atoms with E-state index in [1.807, 2.05) is 0 Å². The minimum Gasteiger partial charge on any atom is -0.381 e. The van der Waals surface area contributed by atoms with E-state index in [4.69, 9.17) is 9.47 Å². The highest BCUT2D eigenvalue weighted by molar-refractivity contribution is 7.99. The van der Waals surface area contributed by atoms with Crippen molar-refractivity contribution in [1.82, 2.24) is 0 Å². The molecular weight excluding hydrogens is 196 g/mol. The highest BCUT2D eigenvalue weighted by Crippen LogP contribution is 2.27. The van der Waals surface area contributed by atoms with Gasteiger partial charge in [-0.1, -0.05) is 0 Å². The van der Waals surface area contributed by atoms with Gasteiger partial charge in [0.15, 0.2) is 0 Å². The zero-order valence-corrected chi connectivity index (χ0v) is 9.56. The first-order chi connectivity index (χ1) is 6.95. The van der Waals surface area contributed by atoms with Gasteiger partial charge in [-0.15, -0.1) is 0 Å². The molecule has 0 aromatic carbocycles. The lowest BCUT2D eigenvalue weighted by atomic mass is 10.0. The lowest BCUT2D eigenvalue weighted by molar-refractivity contribution is 0.0725. The molecule has 0 saturated carbocycles. The van der Waals surface area contributed by atoms with Gasteiger partial charge in [0.05, 0.1) is 0 Å². The first-order valence-electron chi connectivity index (χ1n) is 5.72. The van der Waals surface area contributed by atoms with Gasteiger partial charge in [0.2, 0.25) is 0 Å². The van der Waals surface area contributed by atoms with Gasteiger partial charge in [-0.25, -0.2) is 0 Å². The van der Waals surface area contributed by atoms with Crippen molar-refractivity contribution in [2.75, 3.05) is 32.2 Å². The Morgan fingerprint density at radius 2 is 1.43 bits per heavy atom. The maximum atomic E-state index is 5.36. The van der Waals surface area contributed by atoms with Crippen molar-refractivity contribution in [3.8, 4) is 0 Å². The van der Waals surface area contributed by atoms with Crippen LogP contribution in [0.5, 0.6) is 0 Å². The molecule has 82 valence electrons. The Morgan fingerprint density at radius 1 is 0.857 bits per heavy atom. The SMILES string of the molecule is C1CC(CSC2CCOCC2)CCO1. The van der Waals surface area contributed by atoms with Crippen LogP contribution in [-0.4, -0.2) is 37.4 Å². The molecule has 0 aliphatic carbocycles. The largest absolute Gasteiger partial charge is 0.381 e. The molecule has 2 rings (SSSR count). The molecule has 0 amide bonds. The Bertz CT molecular complexity index is 133.